The number of carbonyl (C=O) groups excluding carboxylic acids is 1. The van der Waals surface area contributed by atoms with Gasteiger partial charge >= 0.3 is 0 Å². The number of hydrogen-bond donors (Lipinski definition) is 1. The van der Waals surface area contributed by atoms with Crippen LogP contribution in [0.5, 0.6) is 11.5 Å². The lowest BCUT2D eigenvalue weighted by Gasteiger charge is -2.12. The van der Waals surface area contributed by atoms with Crippen LogP contribution in [-0.4, -0.2) is 22.5 Å². The Labute approximate surface area is 152 Å². The Balaban J connectivity index is 1.68. The van der Waals surface area contributed by atoms with E-state index in [9.17, 15) is 4.79 Å². The van der Waals surface area contributed by atoms with E-state index >= 15 is 0 Å². The van der Waals surface area contributed by atoms with Gasteiger partial charge in [-0.1, -0.05) is 23.2 Å². The van der Waals surface area contributed by atoms with Crippen LogP contribution in [0.15, 0.2) is 48.8 Å². The first-order chi connectivity index (χ1) is 12.1. The fourth-order valence-corrected chi connectivity index (χ4v) is 2.95. The van der Waals surface area contributed by atoms with Crippen molar-refractivity contribution in [3.63, 3.8) is 0 Å². The average Bonchev–Trinajstić information content (AvgIpc) is 3.26. The second-order valence-corrected chi connectivity index (χ2v) is 6.10. The maximum absolute atomic E-state index is 12.7. The van der Waals surface area contributed by atoms with Crippen LogP contribution in [0.2, 0.25) is 10.0 Å². The molecule has 6 nitrogen and oxygen atoms in total. The van der Waals surface area contributed by atoms with E-state index in [2.05, 4.69) is 10.4 Å². The molecule has 0 fully saturated rings. The Kier molecular flexibility index (Phi) is 3.99. The van der Waals surface area contributed by atoms with E-state index in [1.54, 1.807) is 47.4 Å². The Morgan fingerprint density at radius 1 is 1.20 bits per heavy atom. The summed E-state index contributed by atoms with van der Waals surface area (Å²) < 4.78 is 12.2. The van der Waals surface area contributed by atoms with E-state index in [1.165, 1.54) is 6.07 Å². The lowest BCUT2D eigenvalue weighted by Crippen LogP contribution is -2.14. The summed E-state index contributed by atoms with van der Waals surface area (Å²) in [6.07, 6.45) is 3.42. The van der Waals surface area contributed by atoms with Crippen LogP contribution in [0.25, 0.3) is 5.69 Å². The number of nitrogens with one attached hydrogen (secondary N) is 1. The molecule has 0 aliphatic carbocycles. The molecule has 0 spiro atoms. The number of hydrogen-bond acceptors (Lipinski definition) is 4. The van der Waals surface area contributed by atoms with Crippen LogP contribution in [-0.2, 0) is 0 Å². The summed E-state index contributed by atoms with van der Waals surface area (Å²) in [5.74, 6) is 0.533. The van der Waals surface area contributed by atoms with Crippen molar-refractivity contribution in [2.24, 2.45) is 0 Å². The highest BCUT2D eigenvalue weighted by Crippen LogP contribution is 2.40. The van der Waals surface area contributed by atoms with Crippen LogP contribution >= 0.6 is 23.2 Å². The number of carbonyl (C=O) groups is 1. The monoisotopic (exact) mass is 375 g/mol. The highest BCUT2D eigenvalue weighted by Gasteiger charge is 2.21. The fourth-order valence-electron chi connectivity index (χ4n) is 2.51. The van der Waals surface area contributed by atoms with Crippen LogP contribution in [0.1, 0.15) is 10.4 Å². The molecular weight excluding hydrogens is 365 g/mol. The summed E-state index contributed by atoms with van der Waals surface area (Å²) in [6, 6.07) is 10.1. The van der Waals surface area contributed by atoms with Gasteiger partial charge in [0.25, 0.3) is 5.91 Å². The molecule has 0 unspecified atom stereocenters. The largest absolute Gasteiger partial charge is 0.454 e. The van der Waals surface area contributed by atoms with Crippen molar-refractivity contribution in [3.05, 3.63) is 64.4 Å². The number of halogens is 2. The number of aromatic nitrogens is 2. The molecular formula is C17H11Cl2N3O3. The molecule has 3 aromatic rings. The molecule has 126 valence electrons. The van der Waals surface area contributed by atoms with Gasteiger partial charge in [0, 0.05) is 23.0 Å². The average molecular weight is 376 g/mol. The molecule has 0 radical (unpaired) electrons. The minimum Gasteiger partial charge on any atom is -0.454 e. The van der Waals surface area contributed by atoms with Gasteiger partial charge in [0.1, 0.15) is 0 Å². The standard InChI is InChI=1S/C17H11Cl2N3O3/c18-11-2-3-14(22-5-1-4-20-22)13(8-11)21-17(23)10-6-12(19)16-15(7-10)24-9-25-16/h1-8H,9H2,(H,21,23). The van der Waals surface area contributed by atoms with Gasteiger partial charge in [0.15, 0.2) is 11.5 Å². The molecule has 1 amide bonds. The SMILES string of the molecule is O=C(Nc1cc(Cl)ccc1-n1cccn1)c1cc(Cl)c2c(c1)OCO2. The van der Waals surface area contributed by atoms with Crippen molar-refractivity contribution in [2.75, 3.05) is 12.1 Å². The van der Waals surface area contributed by atoms with Crippen molar-refractivity contribution in [1.82, 2.24) is 9.78 Å². The van der Waals surface area contributed by atoms with Crippen molar-refractivity contribution in [2.45, 2.75) is 0 Å². The van der Waals surface area contributed by atoms with Crippen molar-refractivity contribution in [1.29, 1.82) is 0 Å². The molecule has 0 atom stereocenters. The molecule has 1 N–H and O–H groups in total. The third kappa shape index (κ3) is 3.01. The number of anilines is 1. The van der Waals surface area contributed by atoms with Gasteiger partial charge in [-0.15, -0.1) is 0 Å². The van der Waals surface area contributed by atoms with E-state index in [4.69, 9.17) is 32.7 Å². The van der Waals surface area contributed by atoms with Gasteiger partial charge in [-0.05, 0) is 36.4 Å². The predicted octanol–water partition coefficient (Wildman–Crippen LogP) is 4.16. The lowest BCUT2D eigenvalue weighted by molar-refractivity contribution is 0.102. The minimum absolute atomic E-state index is 0.0812. The van der Waals surface area contributed by atoms with E-state index in [0.29, 0.717) is 38.5 Å². The second kappa shape index (κ2) is 6.31. The molecule has 1 aliphatic rings. The molecule has 0 saturated carbocycles. The number of amides is 1. The first kappa shape index (κ1) is 15.8. The summed E-state index contributed by atoms with van der Waals surface area (Å²) in [6.45, 7) is 0.0812. The molecule has 0 saturated heterocycles. The predicted molar refractivity (Wildman–Crippen MR) is 94.1 cm³/mol. The Morgan fingerprint density at radius 2 is 2.08 bits per heavy atom. The van der Waals surface area contributed by atoms with Gasteiger partial charge in [0.05, 0.1) is 16.4 Å². The number of benzene rings is 2. The van der Waals surface area contributed by atoms with Crippen LogP contribution < -0.4 is 14.8 Å². The molecule has 1 aromatic heterocycles. The molecule has 8 heteroatoms. The summed E-state index contributed by atoms with van der Waals surface area (Å²) in [5, 5.41) is 7.83. The zero-order chi connectivity index (χ0) is 17.4. The molecule has 4 rings (SSSR count). The maximum Gasteiger partial charge on any atom is 0.255 e. The first-order valence-corrected chi connectivity index (χ1v) is 8.07. The summed E-state index contributed by atoms with van der Waals surface area (Å²) >= 11 is 12.2. The van der Waals surface area contributed by atoms with Gasteiger partial charge in [-0.25, -0.2) is 4.68 Å². The zero-order valence-corrected chi connectivity index (χ0v) is 14.2. The van der Waals surface area contributed by atoms with E-state index in [1.807, 2.05) is 0 Å². The quantitative estimate of drug-likeness (QED) is 0.746. The Hall–Kier alpha value is -2.70. The molecule has 25 heavy (non-hydrogen) atoms. The topological polar surface area (TPSA) is 65.4 Å². The normalized spacial score (nSPS) is 12.2. The summed E-state index contributed by atoms with van der Waals surface area (Å²) in [5.41, 5.74) is 1.56. The Bertz CT molecular complexity index is 958. The highest BCUT2D eigenvalue weighted by molar-refractivity contribution is 6.33. The van der Waals surface area contributed by atoms with Crippen molar-refractivity contribution < 1.29 is 14.3 Å². The molecule has 2 aromatic carbocycles. The first-order valence-electron chi connectivity index (χ1n) is 7.32. The number of fused-ring (bicyclic) bond motifs is 1. The van der Waals surface area contributed by atoms with Gasteiger partial charge in [-0.3, -0.25) is 4.79 Å². The molecule has 1 aliphatic heterocycles. The summed E-state index contributed by atoms with van der Waals surface area (Å²) in [7, 11) is 0. The maximum atomic E-state index is 12.7. The third-order valence-electron chi connectivity index (χ3n) is 3.65. The van der Waals surface area contributed by atoms with Crippen LogP contribution in [0, 0.1) is 0 Å². The third-order valence-corrected chi connectivity index (χ3v) is 4.16. The van der Waals surface area contributed by atoms with Gasteiger partial charge in [-0.2, -0.15) is 5.10 Å². The van der Waals surface area contributed by atoms with E-state index < -0.39 is 0 Å². The summed E-state index contributed by atoms with van der Waals surface area (Å²) in [4.78, 5) is 12.7. The number of ether oxygens (including phenoxy) is 2. The van der Waals surface area contributed by atoms with Crippen molar-refractivity contribution >= 4 is 34.8 Å². The number of nitrogens with zero attached hydrogens (tertiary/aromatic N) is 2. The van der Waals surface area contributed by atoms with Crippen LogP contribution in [0.4, 0.5) is 5.69 Å². The van der Waals surface area contributed by atoms with E-state index in [0.717, 1.165) is 0 Å². The smallest absolute Gasteiger partial charge is 0.255 e. The van der Waals surface area contributed by atoms with Gasteiger partial charge in [0.2, 0.25) is 6.79 Å². The molecule has 2 heterocycles. The highest BCUT2D eigenvalue weighted by atomic mass is 35.5. The Morgan fingerprint density at radius 3 is 2.88 bits per heavy atom. The van der Waals surface area contributed by atoms with Crippen LogP contribution in [0.3, 0.4) is 0 Å². The lowest BCUT2D eigenvalue weighted by atomic mass is 10.1. The number of rotatable bonds is 3. The second-order valence-electron chi connectivity index (χ2n) is 5.26. The fraction of sp³-hybridized carbons (Fsp3) is 0.0588. The molecule has 0 bridgehead atoms. The minimum atomic E-state index is -0.351. The van der Waals surface area contributed by atoms with E-state index in [-0.39, 0.29) is 12.7 Å². The zero-order valence-electron chi connectivity index (χ0n) is 12.7. The van der Waals surface area contributed by atoms with Gasteiger partial charge < -0.3 is 14.8 Å². The van der Waals surface area contributed by atoms with Crippen molar-refractivity contribution in [3.8, 4) is 17.2 Å².